The van der Waals surface area contributed by atoms with Crippen molar-refractivity contribution in [3.8, 4) is 0 Å². The molecule has 0 aromatic rings. The molecule has 2 heterocycles. The molecule has 7 heteroatoms. The lowest BCUT2D eigenvalue weighted by molar-refractivity contribution is -0.146. The van der Waals surface area contributed by atoms with Gasteiger partial charge in [-0.1, -0.05) is 27.4 Å². The van der Waals surface area contributed by atoms with E-state index in [0.717, 1.165) is 4.90 Å². The molecule has 2 aliphatic rings. The maximum absolute atomic E-state index is 14.8. The van der Waals surface area contributed by atoms with Crippen LogP contribution in [0.5, 0.6) is 0 Å². The third-order valence-corrected chi connectivity index (χ3v) is 3.75. The van der Waals surface area contributed by atoms with Gasteiger partial charge >= 0.3 is 0 Å². The number of halogens is 2. The highest BCUT2D eigenvalue weighted by Crippen LogP contribution is 2.51. The summed E-state index contributed by atoms with van der Waals surface area (Å²) in [5.41, 5.74) is 4.78. The van der Waals surface area contributed by atoms with Gasteiger partial charge in [0.25, 0.3) is 5.92 Å². The molecule has 0 aromatic heterocycles. The molecule has 21 heavy (non-hydrogen) atoms. The monoisotopic (exact) mass is 301 g/mol. The van der Waals surface area contributed by atoms with Crippen molar-refractivity contribution in [2.24, 2.45) is 22.1 Å². The van der Waals surface area contributed by atoms with E-state index in [1.165, 1.54) is 12.3 Å². The number of amidine groups is 1. The van der Waals surface area contributed by atoms with E-state index in [-0.39, 0.29) is 11.7 Å². The molecule has 0 spiro atoms. The minimum Gasteiger partial charge on any atom is -0.394 e. The number of nitrogens with zero attached hydrogens (tertiary/aromatic N) is 2. The van der Waals surface area contributed by atoms with Gasteiger partial charge in [-0.2, -0.15) is 0 Å². The largest absolute Gasteiger partial charge is 0.394 e. The Morgan fingerprint density at radius 3 is 2.57 bits per heavy atom. The molecule has 0 bridgehead atoms. The van der Waals surface area contributed by atoms with Gasteiger partial charge in [-0.15, -0.1) is 0 Å². The van der Waals surface area contributed by atoms with Gasteiger partial charge in [0.2, 0.25) is 0 Å². The zero-order valence-electron chi connectivity index (χ0n) is 12.4. The van der Waals surface area contributed by atoms with Crippen molar-refractivity contribution in [2.75, 3.05) is 6.61 Å². The molecule has 118 valence electrons. The number of rotatable bonds is 2. The van der Waals surface area contributed by atoms with Crippen molar-refractivity contribution >= 4 is 5.84 Å². The molecule has 1 saturated heterocycles. The van der Waals surface area contributed by atoms with E-state index in [9.17, 15) is 13.9 Å². The first-order chi connectivity index (χ1) is 9.59. The molecular weight excluding hydrogens is 280 g/mol. The van der Waals surface area contributed by atoms with Crippen LogP contribution in [0.2, 0.25) is 0 Å². The fourth-order valence-corrected chi connectivity index (χ4v) is 2.97. The molecule has 0 radical (unpaired) electrons. The van der Waals surface area contributed by atoms with Crippen molar-refractivity contribution in [3.05, 3.63) is 24.7 Å². The molecule has 2 rings (SSSR count). The Morgan fingerprint density at radius 2 is 2.14 bits per heavy atom. The van der Waals surface area contributed by atoms with Crippen molar-refractivity contribution in [1.29, 1.82) is 0 Å². The van der Waals surface area contributed by atoms with Crippen LogP contribution in [0.25, 0.3) is 0 Å². The second-order valence-electron chi connectivity index (χ2n) is 6.40. The second kappa shape index (κ2) is 5.06. The third-order valence-electron chi connectivity index (χ3n) is 3.75. The van der Waals surface area contributed by atoms with Gasteiger partial charge in [-0.25, -0.2) is 13.8 Å². The van der Waals surface area contributed by atoms with Gasteiger partial charge in [-0.3, -0.25) is 0 Å². The molecule has 0 aromatic carbocycles. The number of hydrogen-bond acceptors (Lipinski definition) is 5. The third kappa shape index (κ3) is 2.67. The Morgan fingerprint density at radius 1 is 1.52 bits per heavy atom. The number of aliphatic hydroxyl groups excluding tert-OH is 1. The van der Waals surface area contributed by atoms with E-state index in [1.807, 2.05) is 0 Å². The average Bonchev–Trinajstić information content (AvgIpc) is 2.60. The van der Waals surface area contributed by atoms with E-state index >= 15 is 0 Å². The van der Waals surface area contributed by atoms with Crippen LogP contribution < -0.4 is 5.73 Å². The smallest absolute Gasteiger partial charge is 0.298 e. The summed E-state index contributed by atoms with van der Waals surface area (Å²) >= 11 is 0. The van der Waals surface area contributed by atoms with E-state index in [2.05, 4.69) is 11.6 Å². The van der Waals surface area contributed by atoms with E-state index < -0.39 is 36.2 Å². The van der Waals surface area contributed by atoms with Crippen LogP contribution >= 0.6 is 0 Å². The predicted octanol–water partition coefficient (Wildman–Crippen LogP) is 1.66. The Bertz CT molecular complexity index is 497. The number of hydrogen-bond donors (Lipinski definition) is 2. The Hall–Kier alpha value is -1.47. The maximum Gasteiger partial charge on any atom is 0.298 e. The van der Waals surface area contributed by atoms with E-state index in [0.29, 0.717) is 0 Å². The van der Waals surface area contributed by atoms with Crippen LogP contribution in [0.15, 0.2) is 29.7 Å². The summed E-state index contributed by atoms with van der Waals surface area (Å²) in [6.45, 7) is 8.27. The van der Waals surface area contributed by atoms with Crippen molar-refractivity contribution in [3.63, 3.8) is 0 Å². The molecule has 5 nitrogen and oxygen atoms in total. The molecule has 0 amide bonds. The van der Waals surface area contributed by atoms with Crippen molar-refractivity contribution in [2.45, 2.75) is 39.0 Å². The summed E-state index contributed by atoms with van der Waals surface area (Å²) < 4.78 is 35.1. The van der Waals surface area contributed by atoms with Gasteiger partial charge in [0, 0.05) is 6.20 Å². The average molecular weight is 301 g/mol. The standard InChI is InChI=1S/C14H21F2N3O2/c1-8-18-10(17)5-6-19(8)12-14(15,16)11(13(2,3)4)9(7-20)21-12/h5-6,9,11-12,20H,1,7H2,2-4H3,(H2,17,18)/t9-,11?,12-/m1/s1. The van der Waals surface area contributed by atoms with Gasteiger partial charge in [0.05, 0.1) is 18.6 Å². The van der Waals surface area contributed by atoms with Gasteiger partial charge in [0.1, 0.15) is 11.7 Å². The lowest BCUT2D eigenvalue weighted by Gasteiger charge is -2.36. The Balaban J connectivity index is 2.35. The van der Waals surface area contributed by atoms with Crippen molar-refractivity contribution < 1.29 is 18.6 Å². The zero-order chi connectivity index (χ0) is 16.0. The second-order valence-corrected chi connectivity index (χ2v) is 6.40. The molecule has 3 atom stereocenters. The number of nitrogens with two attached hydrogens (primary N) is 1. The highest BCUT2D eigenvalue weighted by Gasteiger charge is 2.64. The summed E-state index contributed by atoms with van der Waals surface area (Å²) in [4.78, 5) is 5.03. The molecule has 1 fully saturated rings. The number of ether oxygens (including phenoxy) is 1. The first-order valence-corrected chi connectivity index (χ1v) is 6.72. The first-order valence-electron chi connectivity index (χ1n) is 6.72. The van der Waals surface area contributed by atoms with E-state index in [4.69, 9.17) is 10.5 Å². The molecule has 0 aliphatic carbocycles. The van der Waals surface area contributed by atoms with Crippen LogP contribution in [0.1, 0.15) is 20.8 Å². The Labute approximate surface area is 122 Å². The highest BCUT2D eigenvalue weighted by molar-refractivity contribution is 5.92. The van der Waals surface area contributed by atoms with Crippen LogP contribution in [-0.4, -0.2) is 40.7 Å². The summed E-state index contributed by atoms with van der Waals surface area (Å²) in [5.74, 6) is -4.00. The summed E-state index contributed by atoms with van der Waals surface area (Å²) in [6, 6.07) is 0. The number of aliphatic imine (C=N–C) groups is 1. The fourth-order valence-electron chi connectivity index (χ4n) is 2.97. The lowest BCUT2D eigenvalue weighted by Crippen LogP contribution is -2.48. The minimum absolute atomic E-state index is 0.0888. The summed E-state index contributed by atoms with van der Waals surface area (Å²) in [6.07, 6.45) is 0.281. The topological polar surface area (TPSA) is 71.1 Å². The Kier molecular flexibility index (Phi) is 3.84. The minimum atomic E-state index is -3.17. The quantitative estimate of drug-likeness (QED) is 0.814. The SMILES string of the molecule is C=C1N=C(N)C=CN1[C@@H]1O[C@H](CO)C(C(C)(C)C)C1(F)F. The molecule has 0 saturated carbocycles. The van der Waals surface area contributed by atoms with Crippen LogP contribution in [-0.2, 0) is 4.74 Å². The predicted molar refractivity (Wildman–Crippen MR) is 75.4 cm³/mol. The summed E-state index contributed by atoms with van der Waals surface area (Å²) in [5, 5.41) is 9.39. The van der Waals surface area contributed by atoms with Crippen molar-refractivity contribution in [1.82, 2.24) is 4.90 Å². The molecule has 3 N–H and O–H groups in total. The highest BCUT2D eigenvalue weighted by atomic mass is 19.3. The molecular formula is C14H21F2N3O2. The normalized spacial score (nSPS) is 32.5. The van der Waals surface area contributed by atoms with Crippen LogP contribution in [0.4, 0.5) is 8.78 Å². The first kappa shape index (κ1) is 15.9. The van der Waals surface area contributed by atoms with Crippen LogP contribution in [0.3, 0.4) is 0 Å². The van der Waals surface area contributed by atoms with Gasteiger partial charge in [-0.05, 0) is 11.5 Å². The number of alkyl halides is 2. The van der Waals surface area contributed by atoms with Gasteiger partial charge < -0.3 is 20.5 Å². The van der Waals surface area contributed by atoms with Crippen LogP contribution in [0, 0.1) is 11.3 Å². The number of aliphatic hydroxyl groups is 1. The maximum atomic E-state index is 14.8. The van der Waals surface area contributed by atoms with Gasteiger partial charge in [0.15, 0.2) is 6.23 Å². The van der Waals surface area contributed by atoms with E-state index in [1.54, 1.807) is 20.8 Å². The fraction of sp³-hybridized carbons (Fsp3) is 0.643. The zero-order valence-corrected chi connectivity index (χ0v) is 12.4. The molecule has 1 unspecified atom stereocenters. The molecule has 2 aliphatic heterocycles. The summed E-state index contributed by atoms with van der Waals surface area (Å²) in [7, 11) is 0. The lowest BCUT2D eigenvalue weighted by atomic mass is 9.74.